The fraction of sp³-hybridized carbons (Fsp3) is 0. The molecule has 0 amide bonds. The average molecular weight is 395 g/mol. The first kappa shape index (κ1) is 8.16. The molecule has 0 aromatic heterocycles. The predicted octanol–water partition coefficient (Wildman–Crippen LogP) is 7.45. The maximum atomic E-state index is 8.39. The van der Waals surface area contributed by atoms with Crippen LogP contribution in [0.25, 0.3) is 33.4 Å². The normalized spacial score (nSPS) is 16.2. The van der Waals surface area contributed by atoms with Crippen LogP contribution in [-0.2, 0) is 0 Å². The molecular weight excluding hydrogens is 368 g/mol. The van der Waals surface area contributed by atoms with Gasteiger partial charge in [0.05, 0.1) is 13.7 Å². The minimum absolute atomic E-state index is 0.0384. The molecule has 4 aromatic rings. The van der Waals surface area contributed by atoms with Gasteiger partial charge >= 0.3 is 0 Å². The molecule has 0 N–H and O–H groups in total. The second-order valence-electron chi connectivity index (χ2n) is 5.31. The maximum Gasteiger partial charge on any atom is 0.0629 e. The van der Waals surface area contributed by atoms with Gasteiger partial charge in [-0.2, -0.15) is 0 Å². The van der Waals surface area contributed by atoms with Crippen LogP contribution in [0.1, 0.15) is 13.7 Å². The summed E-state index contributed by atoms with van der Waals surface area (Å²) in [6.45, 7) is 0. The van der Waals surface area contributed by atoms with Crippen molar-refractivity contribution < 1.29 is 13.7 Å². The van der Waals surface area contributed by atoms with Crippen LogP contribution in [0.5, 0.6) is 0 Å². The van der Waals surface area contributed by atoms with Crippen molar-refractivity contribution in [3.63, 3.8) is 0 Å². The smallest absolute Gasteiger partial charge is 0.0622 e. The highest BCUT2D eigenvalue weighted by Crippen LogP contribution is 2.33. The van der Waals surface area contributed by atoms with Crippen molar-refractivity contribution in [2.45, 2.75) is 0 Å². The van der Waals surface area contributed by atoms with Crippen molar-refractivity contribution in [1.82, 2.24) is 0 Å². The Morgan fingerprint density at radius 3 is 1.32 bits per heavy atom. The summed E-state index contributed by atoms with van der Waals surface area (Å²) in [6.07, 6.45) is 0. The monoisotopic (exact) mass is 394 g/mol. The molecule has 0 unspecified atom stereocenters. The lowest BCUT2D eigenvalue weighted by atomic mass is 9.93. The molecular formula is C24H17Br. The molecule has 0 saturated carbocycles. The van der Waals surface area contributed by atoms with Crippen molar-refractivity contribution in [2.75, 3.05) is 0 Å². The van der Waals surface area contributed by atoms with E-state index in [1.54, 1.807) is 12.1 Å². The van der Waals surface area contributed by atoms with Crippen LogP contribution in [0.15, 0.2) is 107 Å². The van der Waals surface area contributed by atoms with Gasteiger partial charge in [-0.3, -0.25) is 0 Å². The minimum Gasteiger partial charge on any atom is -0.0622 e. The maximum absolute atomic E-state index is 8.39. The highest BCUT2D eigenvalue weighted by molar-refractivity contribution is 9.10. The molecule has 0 fully saturated rings. The van der Waals surface area contributed by atoms with Gasteiger partial charge in [-0.15, -0.1) is 0 Å². The molecule has 120 valence electrons. The van der Waals surface area contributed by atoms with Crippen LogP contribution in [0.2, 0.25) is 0 Å². The number of benzene rings is 4. The fourth-order valence-corrected chi connectivity index (χ4v) is 2.78. The Morgan fingerprint density at radius 1 is 0.480 bits per heavy atom. The van der Waals surface area contributed by atoms with Gasteiger partial charge in [-0.25, -0.2) is 0 Å². The quantitative estimate of drug-likeness (QED) is 0.338. The average Bonchev–Trinajstić information content (AvgIpc) is 2.84. The van der Waals surface area contributed by atoms with E-state index in [1.165, 1.54) is 6.07 Å². The molecule has 0 heterocycles. The van der Waals surface area contributed by atoms with Gasteiger partial charge in [0.25, 0.3) is 0 Å². The van der Waals surface area contributed by atoms with E-state index in [2.05, 4.69) is 15.9 Å². The molecule has 0 aliphatic heterocycles. The van der Waals surface area contributed by atoms with Crippen molar-refractivity contribution >= 4 is 15.9 Å². The van der Waals surface area contributed by atoms with Crippen LogP contribution >= 0.6 is 15.9 Å². The minimum atomic E-state index is -0.515. The highest BCUT2D eigenvalue weighted by Gasteiger charge is 2.07. The van der Waals surface area contributed by atoms with Crippen LogP contribution < -0.4 is 0 Å². The van der Waals surface area contributed by atoms with Crippen LogP contribution in [-0.4, -0.2) is 0 Å². The highest BCUT2D eigenvalue weighted by atomic mass is 79.9. The molecule has 4 rings (SSSR count). The Balaban J connectivity index is 2.12. The summed E-state index contributed by atoms with van der Waals surface area (Å²) in [6, 6.07) is 7.53. The Morgan fingerprint density at radius 2 is 0.880 bits per heavy atom. The van der Waals surface area contributed by atoms with E-state index in [4.69, 9.17) is 13.7 Å². The molecule has 0 atom stereocenters. The molecule has 0 aliphatic rings. The molecule has 0 radical (unpaired) electrons. The van der Waals surface area contributed by atoms with Crippen LogP contribution in [0, 0.1) is 0 Å². The zero-order valence-electron chi connectivity index (χ0n) is 22.9. The largest absolute Gasteiger partial charge is 0.0629 e. The second kappa shape index (κ2) is 7.08. The standard InChI is InChI=1S/C24H17Br/c25-24-13-11-20(12-14-24)23-16-21(18-7-3-1-4-8-18)15-22(17-23)19-9-5-2-6-10-19/h1-17H/i1D,2D,3D,4D,5D,6D,7D,8D,9D,10D. The molecule has 0 bridgehead atoms. The van der Waals surface area contributed by atoms with E-state index in [0.717, 1.165) is 10.0 Å². The third kappa shape index (κ3) is 3.57. The number of hydrogen-bond donors (Lipinski definition) is 0. The van der Waals surface area contributed by atoms with E-state index in [-0.39, 0.29) is 22.3 Å². The van der Waals surface area contributed by atoms with Crippen molar-refractivity contribution in [2.24, 2.45) is 0 Å². The van der Waals surface area contributed by atoms with E-state index in [0.29, 0.717) is 5.56 Å². The molecule has 1 heteroatoms. The van der Waals surface area contributed by atoms with Gasteiger partial charge in [0.15, 0.2) is 0 Å². The summed E-state index contributed by atoms with van der Waals surface area (Å²) >= 11 is 3.39. The molecule has 0 nitrogen and oxygen atoms in total. The second-order valence-corrected chi connectivity index (χ2v) is 6.22. The lowest BCUT2D eigenvalue weighted by Gasteiger charge is -2.11. The SMILES string of the molecule is [2H]c1c([2H])c([2H])c(-c2cc(-c3ccc(Br)cc3)cc(-c3c([2H])c([2H])c([2H])c([2H])c3[2H])c2)c([2H])c1[2H]. The van der Waals surface area contributed by atoms with Gasteiger partial charge in [0.1, 0.15) is 0 Å². The lowest BCUT2D eigenvalue weighted by Crippen LogP contribution is -1.86. The number of hydrogen-bond acceptors (Lipinski definition) is 0. The van der Waals surface area contributed by atoms with Crippen molar-refractivity contribution in [3.05, 3.63) is 107 Å². The molecule has 25 heavy (non-hydrogen) atoms. The first-order chi connectivity index (χ1) is 16.4. The van der Waals surface area contributed by atoms with Crippen molar-refractivity contribution in [1.29, 1.82) is 0 Å². The predicted molar refractivity (Wildman–Crippen MR) is 110 cm³/mol. The summed E-state index contributed by atoms with van der Waals surface area (Å²) in [7, 11) is 0. The van der Waals surface area contributed by atoms with Crippen LogP contribution in [0.4, 0.5) is 0 Å². The molecule has 4 aromatic carbocycles. The van der Waals surface area contributed by atoms with Crippen LogP contribution in [0.3, 0.4) is 0 Å². The van der Waals surface area contributed by atoms with E-state index in [9.17, 15) is 0 Å². The Hall–Kier alpha value is -2.64. The third-order valence-electron chi connectivity index (χ3n) is 3.69. The Labute approximate surface area is 171 Å². The topological polar surface area (TPSA) is 0 Å². The Bertz CT molecular complexity index is 1350. The summed E-state index contributed by atoms with van der Waals surface area (Å²) < 4.78 is 82.4. The van der Waals surface area contributed by atoms with E-state index < -0.39 is 60.4 Å². The molecule has 0 spiro atoms. The Kier molecular flexibility index (Phi) is 2.31. The van der Waals surface area contributed by atoms with Gasteiger partial charge in [0, 0.05) is 4.47 Å². The first-order valence-electron chi connectivity index (χ1n) is 12.5. The number of rotatable bonds is 3. The summed E-state index contributed by atoms with van der Waals surface area (Å²) in [5.74, 6) is 0. The zero-order chi connectivity index (χ0) is 25.8. The molecule has 0 saturated heterocycles. The van der Waals surface area contributed by atoms with E-state index in [1.807, 2.05) is 24.3 Å². The van der Waals surface area contributed by atoms with Gasteiger partial charge in [-0.05, 0) is 63.7 Å². The fourth-order valence-electron chi connectivity index (χ4n) is 2.51. The van der Waals surface area contributed by atoms with Gasteiger partial charge in [-0.1, -0.05) is 88.5 Å². The summed E-state index contributed by atoms with van der Waals surface area (Å²) in [4.78, 5) is 0. The lowest BCUT2D eigenvalue weighted by molar-refractivity contribution is 1.56. The number of halogens is 1. The van der Waals surface area contributed by atoms with Gasteiger partial charge < -0.3 is 0 Å². The zero-order valence-corrected chi connectivity index (χ0v) is 14.5. The third-order valence-corrected chi connectivity index (χ3v) is 4.22. The molecule has 0 aliphatic carbocycles. The summed E-state index contributed by atoms with van der Waals surface area (Å²) in [5, 5.41) is 0. The van der Waals surface area contributed by atoms with Gasteiger partial charge in [0.2, 0.25) is 0 Å². The summed E-state index contributed by atoms with van der Waals surface area (Å²) in [5.41, 5.74) is 1.78. The first-order valence-corrected chi connectivity index (χ1v) is 8.29. The van der Waals surface area contributed by atoms with Crippen molar-refractivity contribution in [3.8, 4) is 33.4 Å². The van der Waals surface area contributed by atoms with E-state index >= 15 is 0 Å².